The Hall–Kier alpha value is -1.33. The molecule has 1 aliphatic heterocycles. The number of imidazole rings is 1. The number of rotatable bonds is 3. The molecular formula is C14H16BrN3O. The van der Waals surface area contributed by atoms with Crippen LogP contribution in [0.4, 0.5) is 0 Å². The molecule has 5 heteroatoms. The topological polar surface area (TPSA) is 39.1 Å². The van der Waals surface area contributed by atoms with Crippen LogP contribution in [0.25, 0.3) is 5.69 Å². The first-order chi connectivity index (χ1) is 9.29. The third kappa shape index (κ3) is 2.40. The largest absolute Gasteiger partial charge is 0.495 e. The lowest BCUT2D eigenvalue weighted by molar-refractivity contribution is 0.412. The summed E-state index contributed by atoms with van der Waals surface area (Å²) in [6.45, 7) is 2.11. The van der Waals surface area contributed by atoms with Crippen LogP contribution in [0.5, 0.6) is 5.75 Å². The van der Waals surface area contributed by atoms with Gasteiger partial charge in [0.25, 0.3) is 0 Å². The van der Waals surface area contributed by atoms with E-state index >= 15 is 0 Å². The van der Waals surface area contributed by atoms with E-state index in [0.717, 1.165) is 29.0 Å². The van der Waals surface area contributed by atoms with Crippen LogP contribution in [0, 0.1) is 0 Å². The van der Waals surface area contributed by atoms with Crippen LogP contribution in [-0.2, 0) is 0 Å². The van der Waals surface area contributed by atoms with Crippen molar-refractivity contribution in [2.75, 3.05) is 20.2 Å². The van der Waals surface area contributed by atoms with Crippen LogP contribution in [0.2, 0.25) is 0 Å². The van der Waals surface area contributed by atoms with Crippen LogP contribution in [0.15, 0.2) is 35.2 Å². The molecule has 100 valence electrons. The molecule has 3 rings (SSSR count). The number of benzene rings is 1. The number of hydrogen-bond donors (Lipinski definition) is 1. The van der Waals surface area contributed by atoms with Gasteiger partial charge in [-0.05, 0) is 41.0 Å². The van der Waals surface area contributed by atoms with Gasteiger partial charge in [0.05, 0.1) is 23.6 Å². The Morgan fingerprint density at radius 3 is 3.11 bits per heavy atom. The molecule has 1 aromatic heterocycles. The minimum absolute atomic E-state index is 0.539. The highest BCUT2D eigenvalue weighted by Gasteiger charge is 2.20. The number of halogens is 1. The van der Waals surface area contributed by atoms with Crippen molar-refractivity contribution in [3.8, 4) is 11.4 Å². The summed E-state index contributed by atoms with van der Waals surface area (Å²) in [5.41, 5.74) is 2.34. The highest BCUT2D eigenvalue weighted by Crippen LogP contribution is 2.30. The molecule has 4 nitrogen and oxygen atoms in total. The zero-order valence-corrected chi connectivity index (χ0v) is 12.4. The maximum atomic E-state index is 5.36. The molecule has 1 aliphatic rings. The molecule has 1 unspecified atom stereocenters. The number of nitrogens with zero attached hydrogens (tertiary/aromatic N) is 2. The van der Waals surface area contributed by atoms with E-state index in [1.807, 2.05) is 24.7 Å². The zero-order valence-electron chi connectivity index (χ0n) is 10.8. The van der Waals surface area contributed by atoms with E-state index in [1.54, 1.807) is 7.11 Å². The molecule has 0 radical (unpaired) electrons. The van der Waals surface area contributed by atoms with E-state index in [4.69, 9.17) is 4.74 Å². The average Bonchev–Trinajstić information content (AvgIpc) is 3.09. The monoisotopic (exact) mass is 321 g/mol. The SMILES string of the molecule is COc1cc(-n2cncc2C2CCNC2)ccc1Br. The smallest absolute Gasteiger partial charge is 0.135 e. The predicted molar refractivity (Wildman–Crippen MR) is 78.0 cm³/mol. The van der Waals surface area contributed by atoms with Gasteiger partial charge in [-0.1, -0.05) is 0 Å². The molecule has 19 heavy (non-hydrogen) atoms. The predicted octanol–water partition coefficient (Wildman–Crippen LogP) is 2.72. The van der Waals surface area contributed by atoms with Gasteiger partial charge in [0.1, 0.15) is 5.75 Å². The van der Waals surface area contributed by atoms with E-state index in [2.05, 4.69) is 36.9 Å². The molecule has 0 spiro atoms. The van der Waals surface area contributed by atoms with Crippen LogP contribution in [0.1, 0.15) is 18.0 Å². The summed E-state index contributed by atoms with van der Waals surface area (Å²) in [4.78, 5) is 4.30. The number of aromatic nitrogens is 2. The fourth-order valence-electron chi connectivity index (χ4n) is 2.53. The summed E-state index contributed by atoms with van der Waals surface area (Å²) in [6, 6.07) is 6.10. The molecule has 0 amide bonds. The van der Waals surface area contributed by atoms with Gasteiger partial charge >= 0.3 is 0 Å². The van der Waals surface area contributed by atoms with E-state index < -0.39 is 0 Å². The Balaban J connectivity index is 2.00. The van der Waals surface area contributed by atoms with Crippen molar-refractivity contribution in [1.29, 1.82) is 0 Å². The lowest BCUT2D eigenvalue weighted by Crippen LogP contribution is -2.10. The van der Waals surface area contributed by atoms with Gasteiger partial charge in [0.15, 0.2) is 0 Å². The van der Waals surface area contributed by atoms with Gasteiger partial charge in [-0.2, -0.15) is 0 Å². The van der Waals surface area contributed by atoms with Crippen molar-refractivity contribution in [1.82, 2.24) is 14.9 Å². The molecule has 1 aromatic carbocycles. The number of ether oxygens (including phenoxy) is 1. The lowest BCUT2D eigenvalue weighted by atomic mass is 10.1. The van der Waals surface area contributed by atoms with E-state index in [9.17, 15) is 0 Å². The van der Waals surface area contributed by atoms with Crippen LogP contribution < -0.4 is 10.1 Å². The molecule has 0 bridgehead atoms. The molecule has 1 fully saturated rings. The fourth-order valence-corrected chi connectivity index (χ4v) is 2.94. The minimum Gasteiger partial charge on any atom is -0.495 e. The summed E-state index contributed by atoms with van der Waals surface area (Å²) in [7, 11) is 1.68. The normalized spacial score (nSPS) is 18.7. The minimum atomic E-state index is 0.539. The Bertz CT molecular complexity index is 576. The van der Waals surface area contributed by atoms with Crippen molar-refractivity contribution in [2.24, 2.45) is 0 Å². The van der Waals surface area contributed by atoms with Crippen molar-refractivity contribution in [2.45, 2.75) is 12.3 Å². The highest BCUT2D eigenvalue weighted by atomic mass is 79.9. The Labute approximate surface area is 120 Å². The number of methoxy groups -OCH3 is 1. The second kappa shape index (κ2) is 5.35. The molecule has 1 N–H and O–H groups in total. The Morgan fingerprint density at radius 1 is 1.47 bits per heavy atom. The maximum Gasteiger partial charge on any atom is 0.135 e. The first kappa shape index (κ1) is 12.7. The standard InChI is InChI=1S/C14H16BrN3O/c1-19-14-6-11(2-3-12(14)15)18-9-17-8-13(18)10-4-5-16-7-10/h2-3,6,8-10,16H,4-5,7H2,1H3. The Kier molecular flexibility index (Phi) is 3.57. The number of nitrogens with one attached hydrogen (secondary N) is 1. The van der Waals surface area contributed by atoms with Crippen LogP contribution in [-0.4, -0.2) is 29.8 Å². The Morgan fingerprint density at radius 2 is 2.37 bits per heavy atom. The van der Waals surface area contributed by atoms with Crippen molar-refractivity contribution in [3.63, 3.8) is 0 Å². The first-order valence-electron chi connectivity index (χ1n) is 6.36. The molecule has 2 aromatic rings. The second-order valence-corrected chi connectivity index (χ2v) is 5.55. The lowest BCUT2D eigenvalue weighted by Gasteiger charge is -2.14. The first-order valence-corrected chi connectivity index (χ1v) is 7.16. The summed E-state index contributed by atoms with van der Waals surface area (Å²) in [6.07, 6.45) is 5.00. The molecule has 2 heterocycles. The van der Waals surface area contributed by atoms with Crippen molar-refractivity contribution < 1.29 is 4.74 Å². The van der Waals surface area contributed by atoms with E-state index in [1.165, 1.54) is 12.1 Å². The summed E-state index contributed by atoms with van der Waals surface area (Å²) < 4.78 is 8.46. The van der Waals surface area contributed by atoms with Gasteiger partial charge in [-0.3, -0.25) is 0 Å². The summed E-state index contributed by atoms with van der Waals surface area (Å²) in [5.74, 6) is 1.37. The zero-order chi connectivity index (χ0) is 13.2. The maximum absolute atomic E-state index is 5.36. The average molecular weight is 322 g/mol. The second-order valence-electron chi connectivity index (χ2n) is 4.70. The molecule has 1 atom stereocenters. The van der Waals surface area contributed by atoms with Gasteiger partial charge in [-0.25, -0.2) is 4.98 Å². The fraction of sp³-hybridized carbons (Fsp3) is 0.357. The van der Waals surface area contributed by atoms with E-state index in [-0.39, 0.29) is 0 Å². The van der Waals surface area contributed by atoms with Gasteiger partial charge in [-0.15, -0.1) is 0 Å². The third-order valence-electron chi connectivity index (χ3n) is 3.56. The molecule has 0 saturated carbocycles. The van der Waals surface area contributed by atoms with Gasteiger partial charge in [0.2, 0.25) is 0 Å². The van der Waals surface area contributed by atoms with Gasteiger partial charge in [0, 0.05) is 30.4 Å². The van der Waals surface area contributed by atoms with Crippen LogP contribution >= 0.6 is 15.9 Å². The number of hydrogen-bond acceptors (Lipinski definition) is 3. The highest BCUT2D eigenvalue weighted by molar-refractivity contribution is 9.10. The molecule has 0 aliphatic carbocycles. The summed E-state index contributed by atoms with van der Waals surface area (Å²) in [5, 5.41) is 3.40. The molecular weight excluding hydrogens is 306 g/mol. The van der Waals surface area contributed by atoms with Crippen molar-refractivity contribution in [3.05, 3.63) is 40.9 Å². The van der Waals surface area contributed by atoms with Crippen LogP contribution in [0.3, 0.4) is 0 Å². The molecule has 1 saturated heterocycles. The van der Waals surface area contributed by atoms with Crippen molar-refractivity contribution >= 4 is 15.9 Å². The van der Waals surface area contributed by atoms with E-state index in [0.29, 0.717) is 5.92 Å². The third-order valence-corrected chi connectivity index (χ3v) is 4.21. The summed E-state index contributed by atoms with van der Waals surface area (Å²) >= 11 is 3.48. The quantitative estimate of drug-likeness (QED) is 0.944. The van der Waals surface area contributed by atoms with Gasteiger partial charge < -0.3 is 14.6 Å².